The van der Waals surface area contributed by atoms with Crippen molar-refractivity contribution >= 4 is 6.21 Å². The van der Waals surface area contributed by atoms with Crippen molar-refractivity contribution < 1.29 is 0 Å². The Morgan fingerprint density at radius 2 is 2.38 bits per heavy atom. The van der Waals surface area contributed by atoms with Gasteiger partial charge in [-0.25, -0.2) is 0 Å². The number of hydrogen-bond acceptors (Lipinski definition) is 1. The van der Waals surface area contributed by atoms with E-state index in [1.54, 1.807) is 0 Å². The van der Waals surface area contributed by atoms with Gasteiger partial charge < -0.3 is 0 Å². The Morgan fingerprint density at radius 3 is 3.00 bits per heavy atom. The van der Waals surface area contributed by atoms with Crippen molar-refractivity contribution in [1.82, 2.24) is 0 Å². The summed E-state index contributed by atoms with van der Waals surface area (Å²) in [6, 6.07) is 0. The number of aliphatic imine (C=N–C) groups is 1. The normalized spacial score (nSPS) is 26.7. The zero-order valence-electron chi connectivity index (χ0n) is 9.63. The lowest BCUT2D eigenvalue weighted by Crippen LogP contribution is -2.05. The zero-order valence-corrected chi connectivity index (χ0v) is 9.63. The van der Waals surface area contributed by atoms with E-state index in [1.165, 1.54) is 11.1 Å². The maximum absolute atomic E-state index is 4.13. The van der Waals surface area contributed by atoms with E-state index in [1.807, 2.05) is 12.4 Å². The van der Waals surface area contributed by atoms with Gasteiger partial charge in [0.2, 0.25) is 0 Å². The van der Waals surface area contributed by atoms with Gasteiger partial charge in [-0.05, 0) is 30.9 Å². The summed E-state index contributed by atoms with van der Waals surface area (Å²) in [4.78, 5) is 4.13. The Morgan fingerprint density at radius 1 is 1.44 bits per heavy atom. The van der Waals surface area contributed by atoms with Crippen LogP contribution in [0.1, 0.15) is 19.8 Å². The molecule has 0 aromatic rings. The largest absolute Gasteiger partial charge is 0.269 e. The predicted octanol–water partition coefficient (Wildman–Crippen LogP) is 3.98. The molecular formula is C15H17N. The lowest BCUT2D eigenvalue weighted by molar-refractivity contribution is 0.804. The molecule has 0 aromatic heterocycles. The van der Waals surface area contributed by atoms with Crippen molar-refractivity contribution in [1.29, 1.82) is 0 Å². The fraction of sp³-hybridized carbons (Fsp3) is 0.267. The van der Waals surface area contributed by atoms with Gasteiger partial charge >= 0.3 is 0 Å². The molecule has 0 spiro atoms. The Balaban J connectivity index is 2.29. The van der Waals surface area contributed by atoms with Crippen molar-refractivity contribution in [2.75, 3.05) is 0 Å². The van der Waals surface area contributed by atoms with Crippen LogP contribution in [-0.4, -0.2) is 6.21 Å². The molecule has 0 saturated carbocycles. The molecule has 16 heavy (non-hydrogen) atoms. The monoisotopic (exact) mass is 211 g/mol. The van der Waals surface area contributed by atoms with Crippen molar-refractivity contribution in [3.63, 3.8) is 0 Å². The van der Waals surface area contributed by atoms with E-state index in [-0.39, 0.29) is 0 Å². The van der Waals surface area contributed by atoms with Crippen LogP contribution >= 0.6 is 0 Å². The standard InChI is InChI=1S/C15H17N/c1-2-6-15(13-7-4-3-5-8-13)14-9-11-16-12-10-14/h2-7,9,11-12,14H,8,10H2,1H3/b6-2-,15-13+. The lowest BCUT2D eigenvalue weighted by atomic mass is 9.88. The second-order valence-electron chi connectivity index (χ2n) is 3.99. The highest BCUT2D eigenvalue weighted by atomic mass is 14.7. The SMILES string of the molecule is C/C=C\C(=C1\C=CC=CC1)C1C=CN=CC1. The summed E-state index contributed by atoms with van der Waals surface area (Å²) in [6.07, 6.45) is 21.1. The first kappa shape index (κ1) is 10.9. The zero-order chi connectivity index (χ0) is 11.2. The first-order valence-corrected chi connectivity index (χ1v) is 5.79. The quantitative estimate of drug-likeness (QED) is 0.655. The summed E-state index contributed by atoms with van der Waals surface area (Å²) in [6.45, 7) is 2.07. The molecule has 0 N–H and O–H groups in total. The lowest BCUT2D eigenvalue weighted by Gasteiger charge is -2.18. The predicted molar refractivity (Wildman–Crippen MR) is 70.5 cm³/mol. The molecule has 0 radical (unpaired) electrons. The Labute approximate surface area is 97.3 Å². The smallest absolute Gasteiger partial charge is 0.0230 e. The van der Waals surface area contributed by atoms with Gasteiger partial charge in [0.25, 0.3) is 0 Å². The van der Waals surface area contributed by atoms with E-state index in [9.17, 15) is 0 Å². The maximum Gasteiger partial charge on any atom is 0.0230 e. The molecule has 0 bridgehead atoms. The summed E-state index contributed by atoms with van der Waals surface area (Å²) >= 11 is 0. The topological polar surface area (TPSA) is 12.4 Å². The number of hydrogen-bond donors (Lipinski definition) is 0. The third-order valence-electron chi connectivity index (χ3n) is 2.87. The third-order valence-corrected chi connectivity index (χ3v) is 2.87. The van der Waals surface area contributed by atoms with Crippen LogP contribution in [0.25, 0.3) is 0 Å². The first-order valence-electron chi connectivity index (χ1n) is 5.79. The molecule has 1 unspecified atom stereocenters. The summed E-state index contributed by atoms with van der Waals surface area (Å²) in [5.74, 6) is 0.486. The van der Waals surface area contributed by atoms with Gasteiger partial charge in [-0.2, -0.15) is 0 Å². The molecule has 1 heteroatoms. The molecule has 0 amide bonds. The average Bonchev–Trinajstić information content (AvgIpc) is 2.38. The van der Waals surface area contributed by atoms with Crippen LogP contribution in [0.5, 0.6) is 0 Å². The fourth-order valence-electron chi connectivity index (χ4n) is 2.07. The van der Waals surface area contributed by atoms with Gasteiger partial charge in [-0.3, -0.25) is 4.99 Å². The summed E-state index contributed by atoms with van der Waals surface area (Å²) < 4.78 is 0. The summed E-state index contributed by atoms with van der Waals surface area (Å²) in [7, 11) is 0. The van der Waals surface area contributed by atoms with E-state index in [2.05, 4.69) is 54.4 Å². The van der Waals surface area contributed by atoms with Crippen LogP contribution in [0.4, 0.5) is 0 Å². The molecule has 2 aliphatic rings. The van der Waals surface area contributed by atoms with Crippen LogP contribution in [0, 0.1) is 5.92 Å². The van der Waals surface area contributed by atoms with Gasteiger partial charge in [-0.1, -0.05) is 42.5 Å². The molecule has 1 aliphatic heterocycles. The molecule has 0 saturated heterocycles. The number of nitrogens with zero attached hydrogens (tertiary/aromatic N) is 1. The van der Waals surface area contributed by atoms with Gasteiger partial charge in [0.05, 0.1) is 0 Å². The molecule has 2 rings (SSSR count). The van der Waals surface area contributed by atoms with Gasteiger partial charge in [0, 0.05) is 18.3 Å². The molecule has 1 atom stereocenters. The molecule has 1 nitrogen and oxygen atoms in total. The van der Waals surface area contributed by atoms with Crippen LogP contribution < -0.4 is 0 Å². The van der Waals surface area contributed by atoms with Gasteiger partial charge in [0.1, 0.15) is 0 Å². The van der Waals surface area contributed by atoms with Gasteiger partial charge in [0.15, 0.2) is 0 Å². The fourth-order valence-corrected chi connectivity index (χ4v) is 2.07. The highest BCUT2D eigenvalue weighted by Gasteiger charge is 2.13. The van der Waals surface area contributed by atoms with E-state index in [0.29, 0.717) is 5.92 Å². The maximum atomic E-state index is 4.13. The van der Waals surface area contributed by atoms with E-state index in [0.717, 1.165) is 12.8 Å². The number of allylic oxidation sites excluding steroid dienone is 9. The average molecular weight is 211 g/mol. The van der Waals surface area contributed by atoms with E-state index < -0.39 is 0 Å². The van der Waals surface area contributed by atoms with Crippen molar-refractivity contribution in [2.45, 2.75) is 19.8 Å². The molecule has 0 aromatic carbocycles. The minimum Gasteiger partial charge on any atom is -0.269 e. The van der Waals surface area contributed by atoms with Crippen molar-refractivity contribution in [3.8, 4) is 0 Å². The molecule has 0 fully saturated rings. The summed E-state index contributed by atoms with van der Waals surface area (Å²) in [5.41, 5.74) is 2.84. The van der Waals surface area contributed by atoms with Crippen LogP contribution in [0.15, 0.2) is 64.9 Å². The molecular weight excluding hydrogens is 194 g/mol. The second kappa shape index (κ2) is 5.45. The van der Waals surface area contributed by atoms with Crippen LogP contribution in [0.2, 0.25) is 0 Å². The number of rotatable bonds is 2. The van der Waals surface area contributed by atoms with E-state index in [4.69, 9.17) is 0 Å². The molecule has 82 valence electrons. The highest BCUT2D eigenvalue weighted by Crippen LogP contribution is 2.27. The highest BCUT2D eigenvalue weighted by molar-refractivity contribution is 5.62. The summed E-state index contributed by atoms with van der Waals surface area (Å²) in [5, 5.41) is 0. The molecule has 1 heterocycles. The van der Waals surface area contributed by atoms with E-state index >= 15 is 0 Å². The Hall–Kier alpha value is -1.63. The first-order chi connectivity index (χ1) is 7.92. The van der Waals surface area contributed by atoms with Gasteiger partial charge in [-0.15, -0.1) is 0 Å². The minimum atomic E-state index is 0.486. The minimum absolute atomic E-state index is 0.486. The van der Waals surface area contributed by atoms with Crippen molar-refractivity contribution in [2.24, 2.45) is 10.9 Å². The second-order valence-corrected chi connectivity index (χ2v) is 3.99. The van der Waals surface area contributed by atoms with Crippen molar-refractivity contribution in [3.05, 3.63) is 59.9 Å². The third kappa shape index (κ3) is 2.48. The van der Waals surface area contributed by atoms with Crippen LogP contribution in [-0.2, 0) is 0 Å². The molecule has 1 aliphatic carbocycles. The van der Waals surface area contributed by atoms with Crippen LogP contribution in [0.3, 0.4) is 0 Å². The Bertz CT molecular complexity index is 417. The Kier molecular flexibility index (Phi) is 3.71.